The summed E-state index contributed by atoms with van der Waals surface area (Å²) in [5, 5.41) is 19.0. The molecule has 0 aliphatic rings. The van der Waals surface area contributed by atoms with Crippen LogP contribution in [-0.2, 0) is 9.47 Å². The lowest BCUT2D eigenvalue weighted by Crippen LogP contribution is -2.25. The lowest BCUT2D eigenvalue weighted by atomic mass is 9.94. The zero-order valence-electron chi connectivity index (χ0n) is 9.98. The highest BCUT2D eigenvalue weighted by molar-refractivity contribution is 4.68. The number of methoxy groups -OCH3 is 1. The standard InChI is InChI=1S/C11H24O4/c1-4-10(9(2)12)7-11(13)8-15-6-5-14-3/h9-13H,4-8H2,1-3H3. The van der Waals surface area contributed by atoms with Crippen molar-refractivity contribution in [1.29, 1.82) is 0 Å². The Kier molecular flexibility index (Phi) is 9.00. The first-order valence-corrected chi connectivity index (χ1v) is 5.54. The molecule has 0 amide bonds. The van der Waals surface area contributed by atoms with Crippen molar-refractivity contribution in [3.05, 3.63) is 0 Å². The summed E-state index contributed by atoms with van der Waals surface area (Å²) in [6.07, 6.45) is 0.582. The largest absolute Gasteiger partial charge is 0.393 e. The number of hydrogen-bond acceptors (Lipinski definition) is 4. The van der Waals surface area contributed by atoms with E-state index in [0.29, 0.717) is 26.2 Å². The van der Waals surface area contributed by atoms with Gasteiger partial charge in [0.15, 0.2) is 0 Å². The fourth-order valence-corrected chi connectivity index (χ4v) is 1.48. The highest BCUT2D eigenvalue weighted by Crippen LogP contribution is 2.15. The van der Waals surface area contributed by atoms with Gasteiger partial charge in [-0.2, -0.15) is 0 Å². The molecule has 0 aromatic rings. The Morgan fingerprint density at radius 2 is 1.87 bits per heavy atom. The summed E-state index contributed by atoms with van der Waals surface area (Å²) < 4.78 is 10.0. The third-order valence-electron chi connectivity index (χ3n) is 2.52. The van der Waals surface area contributed by atoms with Crippen LogP contribution in [0.3, 0.4) is 0 Å². The van der Waals surface area contributed by atoms with Gasteiger partial charge in [0.1, 0.15) is 0 Å². The molecule has 0 bridgehead atoms. The second kappa shape index (κ2) is 9.09. The van der Waals surface area contributed by atoms with E-state index >= 15 is 0 Å². The van der Waals surface area contributed by atoms with E-state index in [1.54, 1.807) is 14.0 Å². The average Bonchev–Trinajstić information content (AvgIpc) is 2.20. The summed E-state index contributed by atoms with van der Waals surface area (Å²) in [4.78, 5) is 0. The highest BCUT2D eigenvalue weighted by atomic mass is 16.5. The molecule has 0 heterocycles. The Bertz CT molecular complexity index is 139. The predicted octanol–water partition coefficient (Wildman–Crippen LogP) is 0.807. The molecule has 0 saturated heterocycles. The predicted molar refractivity (Wildman–Crippen MR) is 58.8 cm³/mol. The van der Waals surface area contributed by atoms with E-state index in [9.17, 15) is 10.2 Å². The van der Waals surface area contributed by atoms with Crippen LogP contribution in [0.4, 0.5) is 0 Å². The van der Waals surface area contributed by atoms with Crippen LogP contribution in [0.5, 0.6) is 0 Å². The number of aliphatic hydroxyl groups is 2. The van der Waals surface area contributed by atoms with Crippen molar-refractivity contribution in [2.75, 3.05) is 26.9 Å². The summed E-state index contributed by atoms with van der Waals surface area (Å²) in [6, 6.07) is 0. The molecule has 0 spiro atoms. The van der Waals surface area contributed by atoms with Crippen LogP contribution in [-0.4, -0.2) is 49.4 Å². The van der Waals surface area contributed by atoms with Crippen molar-refractivity contribution >= 4 is 0 Å². The minimum atomic E-state index is -0.499. The summed E-state index contributed by atoms with van der Waals surface area (Å²) in [5.41, 5.74) is 0. The first-order valence-electron chi connectivity index (χ1n) is 5.54. The lowest BCUT2D eigenvalue weighted by Gasteiger charge is -2.21. The fourth-order valence-electron chi connectivity index (χ4n) is 1.48. The van der Waals surface area contributed by atoms with Crippen LogP contribution in [0.15, 0.2) is 0 Å². The van der Waals surface area contributed by atoms with Gasteiger partial charge in [-0.3, -0.25) is 0 Å². The first kappa shape index (κ1) is 14.8. The summed E-state index contributed by atoms with van der Waals surface area (Å²) >= 11 is 0. The smallest absolute Gasteiger partial charge is 0.0777 e. The van der Waals surface area contributed by atoms with Crippen LogP contribution in [0, 0.1) is 5.92 Å². The van der Waals surface area contributed by atoms with Crippen molar-refractivity contribution in [2.24, 2.45) is 5.92 Å². The van der Waals surface area contributed by atoms with Gasteiger partial charge in [-0.1, -0.05) is 13.3 Å². The lowest BCUT2D eigenvalue weighted by molar-refractivity contribution is -0.00684. The quantitative estimate of drug-likeness (QED) is 0.564. The monoisotopic (exact) mass is 220 g/mol. The maximum Gasteiger partial charge on any atom is 0.0777 e. The SMILES string of the molecule is CCC(CC(O)COCCOC)C(C)O. The molecule has 15 heavy (non-hydrogen) atoms. The minimum absolute atomic E-state index is 0.144. The first-order chi connectivity index (χ1) is 7.11. The van der Waals surface area contributed by atoms with Gasteiger partial charge in [0, 0.05) is 7.11 Å². The molecular weight excluding hydrogens is 196 g/mol. The number of hydrogen-bond donors (Lipinski definition) is 2. The van der Waals surface area contributed by atoms with Crippen molar-refractivity contribution in [3.8, 4) is 0 Å². The maximum atomic E-state index is 9.62. The van der Waals surface area contributed by atoms with E-state index in [2.05, 4.69) is 0 Å². The molecular formula is C11H24O4. The van der Waals surface area contributed by atoms with E-state index in [-0.39, 0.29) is 12.0 Å². The molecule has 0 saturated carbocycles. The Morgan fingerprint density at radius 1 is 1.20 bits per heavy atom. The Morgan fingerprint density at radius 3 is 2.33 bits per heavy atom. The summed E-state index contributed by atoms with van der Waals surface area (Å²) in [6.45, 7) is 5.12. The number of rotatable bonds is 9. The van der Waals surface area contributed by atoms with Crippen LogP contribution >= 0.6 is 0 Å². The zero-order valence-corrected chi connectivity index (χ0v) is 9.98. The molecule has 0 aliphatic heterocycles. The van der Waals surface area contributed by atoms with E-state index in [0.717, 1.165) is 6.42 Å². The molecule has 3 atom stereocenters. The maximum absolute atomic E-state index is 9.62. The van der Waals surface area contributed by atoms with Crippen LogP contribution in [0.25, 0.3) is 0 Å². The molecule has 0 radical (unpaired) electrons. The van der Waals surface area contributed by atoms with Crippen LogP contribution in [0.1, 0.15) is 26.7 Å². The summed E-state index contributed by atoms with van der Waals surface area (Å²) in [5.74, 6) is 0.144. The normalized spacial score (nSPS) is 17.4. The zero-order chi connectivity index (χ0) is 11.7. The van der Waals surface area contributed by atoms with Gasteiger partial charge in [-0.15, -0.1) is 0 Å². The molecule has 0 aromatic heterocycles. The van der Waals surface area contributed by atoms with Gasteiger partial charge >= 0.3 is 0 Å². The van der Waals surface area contributed by atoms with Gasteiger partial charge in [-0.05, 0) is 19.3 Å². The molecule has 0 rings (SSSR count). The third-order valence-corrected chi connectivity index (χ3v) is 2.52. The van der Waals surface area contributed by atoms with Crippen molar-refractivity contribution in [2.45, 2.75) is 38.9 Å². The molecule has 4 nitrogen and oxygen atoms in total. The Labute approximate surface area is 92.2 Å². The van der Waals surface area contributed by atoms with Crippen LogP contribution < -0.4 is 0 Å². The Hall–Kier alpha value is -0.160. The van der Waals surface area contributed by atoms with Gasteiger partial charge < -0.3 is 19.7 Å². The fraction of sp³-hybridized carbons (Fsp3) is 1.00. The Balaban J connectivity index is 3.57. The summed E-state index contributed by atoms with van der Waals surface area (Å²) in [7, 11) is 1.61. The van der Waals surface area contributed by atoms with E-state index in [1.165, 1.54) is 0 Å². The molecule has 3 unspecified atom stereocenters. The van der Waals surface area contributed by atoms with Gasteiger partial charge in [0.05, 0.1) is 32.0 Å². The average molecular weight is 220 g/mol. The molecule has 0 aromatic carbocycles. The molecule has 0 fully saturated rings. The molecule has 2 N–H and O–H groups in total. The highest BCUT2D eigenvalue weighted by Gasteiger charge is 2.17. The second-order valence-corrected chi connectivity index (χ2v) is 3.87. The topological polar surface area (TPSA) is 58.9 Å². The number of aliphatic hydroxyl groups excluding tert-OH is 2. The van der Waals surface area contributed by atoms with Gasteiger partial charge in [-0.25, -0.2) is 0 Å². The van der Waals surface area contributed by atoms with Gasteiger partial charge in [0.2, 0.25) is 0 Å². The number of ether oxygens (including phenoxy) is 2. The van der Waals surface area contributed by atoms with Crippen molar-refractivity contribution in [1.82, 2.24) is 0 Å². The minimum Gasteiger partial charge on any atom is -0.393 e. The van der Waals surface area contributed by atoms with Crippen molar-refractivity contribution in [3.63, 3.8) is 0 Å². The van der Waals surface area contributed by atoms with E-state index in [1.807, 2.05) is 6.92 Å². The molecule has 92 valence electrons. The van der Waals surface area contributed by atoms with E-state index in [4.69, 9.17) is 9.47 Å². The van der Waals surface area contributed by atoms with Gasteiger partial charge in [0.25, 0.3) is 0 Å². The molecule has 4 heteroatoms. The third kappa shape index (κ3) is 7.73. The van der Waals surface area contributed by atoms with Crippen LogP contribution in [0.2, 0.25) is 0 Å². The van der Waals surface area contributed by atoms with Crippen molar-refractivity contribution < 1.29 is 19.7 Å². The van der Waals surface area contributed by atoms with E-state index < -0.39 is 6.10 Å². The second-order valence-electron chi connectivity index (χ2n) is 3.87. The molecule has 0 aliphatic carbocycles.